The first-order valence-electron chi connectivity index (χ1n) is 12.3. The van der Waals surface area contributed by atoms with Crippen molar-refractivity contribution in [3.05, 3.63) is 82.7 Å². The molecule has 1 amide bonds. The van der Waals surface area contributed by atoms with Gasteiger partial charge in [-0.1, -0.05) is 56.3 Å². The highest BCUT2D eigenvalue weighted by atomic mass is 32.2. The second-order valence-electron chi connectivity index (χ2n) is 10.2. The molecule has 0 atom stereocenters. The van der Waals surface area contributed by atoms with Crippen molar-refractivity contribution in [3.8, 4) is 0 Å². The minimum atomic E-state index is -3.67. The van der Waals surface area contributed by atoms with Crippen LogP contribution in [0.2, 0.25) is 0 Å². The lowest BCUT2D eigenvalue weighted by molar-refractivity contribution is 0.0729. The van der Waals surface area contributed by atoms with Crippen LogP contribution in [0.5, 0.6) is 0 Å². The van der Waals surface area contributed by atoms with Crippen molar-refractivity contribution < 1.29 is 13.2 Å². The van der Waals surface area contributed by atoms with E-state index in [4.69, 9.17) is 0 Å². The zero-order chi connectivity index (χ0) is 25.2. The quantitative estimate of drug-likeness (QED) is 0.390. The number of aryl methyl sites for hydroxylation is 2. The van der Waals surface area contributed by atoms with Gasteiger partial charge in [-0.3, -0.25) is 4.79 Å². The molecule has 0 radical (unpaired) electrons. The van der Waals surface area contributed by atoms with Crippen LogP contribution in [0.15, 0.2) is 59.9 Å². The van der Waals surface area contributed by atoms with E-state index in [0.717, 1.165) is 35.2 Å². The number of benzene rings is 2. The van der Waals surface area contributed by atoms with Crippen LogP contribution in [0.4, 0.5) is 0 Å². The normalized spacial score (nSPS) is 13.9. The number of amides is 1. The minimum Gasteiger partial charge on any atom is -0.332 e. The Morgan fingerprint density at radius 2 is 1.71 bits per heavy atom. The van der Waals surface area contributed by atoms with Crippen LogP contribution >= 0.6 is 0 Å². The smallest absolute Gasteiger partial charge is 0.254 e. The van der Waals surface area contributed by atoms with E-state index < -0.39 is 9.84 Å². The molecule has 0 unspecified atom stereocenters. The number of hydrogen-bond acceptors (Lipinski definition) is 4. The molecule has 1 aromatic heterocycles. The van der Waals surface area contributed by atoms with Crippen LogP contribution in [-0.4, -0.2) is 35.3 Å². The van der Waals surface area contributed by atoms with Crippen LogP contribution in [0.3, 0.4) is 0 Å². The largest absolute Gasteiger partial charge is 0.332 e. The second-order valence-corrected chi connectivity index (χ2v) is 12.0. The SMILES string of the molecule is Cc1ccccc1CS(=O)(=O)c1ncc(CN(CC2CC2)C(=O)c2ccccc2C)n1CC(C)C. The highest BCUT2D eigenvalue weighted by molar-refractivity contribution is 7.90. The van der Waals surface area contributed by atoms with Crippen molar-refractivity contribution in [2.45, 2.75) is 64.5 Å². The van der Waals surface area contributed by atoms with Gasteiger partial charge in [0.2, 0.25) is 15.0 Å². The lowest BCUT2D eigenvalue weighted by atomic mass is 10.1. The van der Waals surface area contributed by atoms with Gasteiger partial charge < -0.3 is 9.47 Å². The van der Waals surface area contributed by atoms with Crippen LogP contribution in [0.25, 0.3) is 0 Å². The van der Waals surface area contributed by atoms with Crippen molar-refractivity contribution >= 4 is 15.7 Å². The summed E-state index contributed by atoms with van der Waals surface area (Å²) in [4.78, 5) is 19.8. The van der Waals surface area contributed by atoms with Gasteiger partial charge in [-0.2, -0.15) is 0 Å². The fraction of sp³-hybridized carbons (Fsp3) is 0.429. The summed E-state index contributed by atoms with van der Waals surface area (Å²) in [5.74, 6) is 0.618. The molecule has 1 heterocycles. The van der Waals surface area contributed by atoms with Crippen molar-refractivity contribution in [3.63, 3.8) is 0 Å². The molecular formula is C28H35N3O3S. The summed E-state index contributed by atoms with van der Waals surface area (Å²) in [5, 5.41) is 0.0826. The zero-order valence-electron chi connectivity index (χ0n) is 21.1. The Morgan fingerprint density at radius 1 is 1.06 bits per heavy atom. The standard InChI is InChI=1S/C28H35N3O3S/c1-20(2)16-31-25(15-29-28(31)35(33,34)19-24-11-7-5-9-21(24)3)18-30(17-23-13-14-23)27(32)26-12-8-6-10-22(26)4/h5-12,15,20,23H,13-14,16-19H2,1-4H3. The fourth-order valence-corrected chi connectivity index (χ4v) is 5.98. The molecule has 6 nitrogen and oxygen atoms in total. The second kappa shape index (κ2) is 10.4. The minimum absolute atomic E-state index is 0.0170. The lowest BCUT2D eigenvalue weighted by Gasteiger charge is -2.25. The number of hydrogen-bond donors (Lipinski definition) is 0. The Bertz CT molecular complexity index is 1310. The Morgan fingerprint density at radius 3 is 2.34 bits per heavy atom. The van der Waals surface area contributed by atoms with Crippen LogP contribution in [0, 0.1) is 25.7 Å². The third-order valence-corrected chi connectivity index (χ3v) is 8.10. The van der Waals surface area contributed by atoms with E-state index >= 15 is 0 Å². The predicted molar refractivity (Wildman–Crippen MR) is 138 cm³/mol. The maximum atomic E-state index is 13.5. The van der Waals surface area contributed by atoms with Crippen LogP contribution < -0.4 is 0 Å². The first-order valence-corrected chi connectivity index (χ1v) is 14.0. The van der Waals surface area contributed by atoms with E-state index in [1.807, 2.05) is 71.8 Å². The Hall–Kier alpha value is -2.93. The van der Waals surface area contributed by atoms with E-state index in [0.29, 0.717) is 31.1 Å². The molecule has 186 valence electrons. The van der Waals surface area contributed by atoms with Crippen molar-refractivity contribution in [1.82, 2.24) is 14.5 Å². The summed E-state index contributed by atoms with van der Waals surface area (Å²) in [6.45, 7) is 9.51. The molecule has 0 saturated heterocycles. The summed E-state index contributed by atoms with van der Waals surface area (Å²) in [7, 11) is -3.67. The number of sulfone groups is 1. The highest BCUT2D eigenvalue weighted by Crippen LogP contribution is 2.31. The average molecular weight is 494 g/mol. The first-order chi connectivity index (χ1) is 16.7. The monoisotopic (exact) mass is 493 g/mol. The van der Waals surface area contributed by atoms with Gasteiger partial charge in [0.1, 0.15) is 0 Å². The van der Waals surface area contributed by atoms with Crippen molar-refractivity contribution in [2.24, 2.45) is 11.8 Å². The Labute approximate surface area is 208 Å². The van der Waals surface area contributed by atoms with Gasteiger partial charge in [-0.05, 0) is 61.3 Å². The summed E-state index contributed by atoms with van der Waals surface area (Å²) < 4.78 is 28.8. The molecular weight excluding hydrogens is 458 g/mol. The molecule has 1 aliphatic carbocycles. The van der Waals surface area contributed by atoms with Gasteiger partial charge >= 0.3 is 0 Å². The van der Waals surface area contributed by atoms with Gasteiger partial charge in [-0.15, -0.1) is 0 Å². The third-order valence-electron chi connectivity index (χ3n) is 6.53. The van der Waals surface area contributed by atoms with Crippen LogP contribution in [0.1, 0.15) is 59.4 Å². The molecule has 1 fully saturated rings. The molecule has 7 heteroatoms. The Balaban J connectivity index is 1.67. The summed E-state index contributed by atoms with van der Waals surface area (Å²) >= 11 is 0. The van der Waals surface area contributed by atoms with Crippen molar-refractivity contribution in [1.29, 1.82) is 0 Å². The summed E-state index contributed by atoms with van der Waals surface area (Å²) in [5.41, 5.74) is 4.10. The Kier molecular flexibility index (Phi) is 7.45. The van der Waals surface area contributed by atoms with E-state index in [1.165, 1.54) is 0 Å². The summed E-state index contributed by atoms with van der Waals surface area (Å²) in [6, 6.07) is 15.2. The van der Waals surface area contributed by atoms with Gasteiger partial charge in [-0.25, -0.2) is 13.4 Å². The lowest BCUT2D eigenvalue weighted by Crippen LogP contribution is -2.34. The third kappa shape index (κ3) is 6.01. The predicted octanol–water partition coefficient (Wildman–Crippen LogP) is 5.18. The number of rotatable bonds is 10. The molecule has 0 bridgehead atoms. The molecule has 3 aromatic rings. The molecule has 4 rings (SSSR count). The molecule has 0 spiro atoms. The molecule has 1 saturated carbocycles. The van der Waals surface area contributed by atoms with Crippen LogP contribution in [-0.2, 0) is 28.7 Å². The number of carbonyl (C=O) groups excluding carboxylic acids is 1. The van der Waals surface area contributed by atoms with Gasteiger partial charge in [0, 0.05) is 18.7 Å². The zero-order valence-corrected chi connectivity index (χ0v) is 21.9. The number of imidazole rings is 1. The molecule has 2 aromatic carbocycles. The van der Waals surface area contributed by atoms with Gasteiger partial charge in [0.25, 0.3) is 5.91 Å². The van der Waals surface area contributed by atoms with Crippen molar-refractivity contribution in [2.75, 3.05) is 6.54 Å². The van der Waals surface area contributed by atoms with E-state index in [1.54, 1.807) is 6.20 Å². The highest BCUT2D eigenvalue weighted by Gasteiger charge is 2.30. The maximum Gasteiger partial charge on any atom is 0.254 e. The summed E-state index contributed by atoms with van der Waals surface area (Å²) in [6.07, 6.45) is 3.88. The average Bonchev–Trinajstić information content (AvgIpc) is 3.53. The van der Waals surface area contributed by atoms with E-state index in [9.17, 15) is 13.2 Å². The number of nitrogens with zero attached hydrogens (tertiary/aromatic N) is 3. The molecule has 0 N–H and O–H groups in total. The number of aromatic nitrogens is 2. The molecule has 1 aliphatic rings. The van der Waals surface area contributed by atoms with E-state index in [-0.39, 0.29) is 22.7 Å². The first kappa shape index (κ1) is 25.2. The topological polar surface area (TPSA) is 72.3 Å². The maximum absolute atomic E-state index is 13.5. The number of carbonyl (C=O) groups is 1. The van der Waals surface area contributed by atoms with Gasteiger partial charge in [0.15, 0.2) is 0 Å². The fourth-order valence-electron chi connectivity index (χ4n) is 4.38. The van der Waals surface area contributed by atoms with Gasteiger partial charge in [0.05, 0.1) is 24.2 Å². The molecule has 0 aliphatic heterocycles. The van der Waals surface area contributed by atoms with E-state index in [2.05, 4.69) is 18.8 Å². The molecule has 35 heavy (non-hydrogen) atoms.